The summed E-state index contributed by atoms with van der Waals surface area (Å²) in [5, 5.41) is 4.77. The minimum atomic E-state index is -1.40. The van der Waals surface area contributed by atoms with E-state index in [9.17, 15) is 14.4 Å². The van der Waals surface area contributed by atoms with Crippen LogP contribution in [0.25, 0.3) is 10.9 Å². The second-order valence-electron chi connectivity index (χ2n) is 11.2. The molecule has 5 rings (SSSR count). The zero-order valence-electron chi connectivity index (χ0n) is 22.7. The number of H-pyrrole nitrogens is 1. The van der Waals surface area contributed by atoms with Crippen molar-refractivity contribution in [3.05, 3.63) is 50.6 Å². The summed E-state index contributed by atoms with van der Waals surface area (Å²) in [5.41, 5.74) is 7.59. The summed E-state index contributed by atoms with van der Waals surface area (Å²) in [6.45, 7) is 5.57. The first-order valence-electron chi connectivity index (χ1n) is 13.3. The fraction of sp³-hybridized carbons (Fsp3) is 0.500. The number of nitrogens with two attached hydrogens (primary N) is 1. The Balaban J connectivity index is 1.44. The first kappa shape index (κ1) is 27.8. The highest BCUT2D eigenvalue weighted by Crippen LogP contribution is 2.36. The molecule has 2 amide bonds. The van der Waals surface area contributed by atoms with Gasteiger partial charge in [-0.3, -0.25) is 14.4 Å². The van der Waals surface area contributed by atoms with Gasteiger partial charge < -0.3 is 25.8 Å². The lowest BCUT2D eigenvalue weighted by Gasteiger charge is -2.43. The van der Waals surface area contributed by atoms with Gasteiger partial charge in [0.1, 0.15) is 5.54 Å². The highest BCUT2D eigenvalue weighted by Gasteiger charge is 2.49. The Labute approximate surface area is 237 Å². The minimum Gasteiger partial charge on any atom is -0.352 e. The van der Waals surface area contributed by atoms with E-state index in [2.05, 4.69) is 20.2 Å². The third-order valence-corrected chi connectivity index (χ3v) is 9.51. The molecule has 1 aliphatic heterocycles. The highest BCUT2D eigenvalue weighted by molar-refractivity contribution is 7.13. The minimum absolute atomic E-state index is 0.00764. The molecule has 2 aliphatic rings. The van der Waals surface area contributed by atoms with Gasteiger partial charge in [-0.05, 0) is 64.4 Å². The number of nitrogens with one attached hydrogen (secondary N) is 2. The Hall–Kier alpha value is -2.79. The van der Waals surface area contributed by atoms with Crippen molar-refractivity contribution >= 4 is 51.4 Å². The molecule has 9 nitrogen and oxygen atoms in total. The molecule has 3 heterocycles. The Morgan fingerprint density at radius 2 is 2.08 bits per heavy atom. The van der Waals surface area contributed by atoms with E-state index in [1.54, 1.807) is 30.1 Å². The number of carbonyl (C=O) groups excluding carboxylic acids is 3. The van der Waals surface area contributed by atoms with Crippen LogP contribution in [0, 0.1) is 5.92 Å². The first-order valence-corrected chi connectivity index (χ1v) is 14.5. The fourth-order valence-electron chi connectivity index (χ4n) is 5.54. The molecule has 1 saturated carbocycles. The smallest absolute Gasteiger partial charge is 0.280 e. The predicted molar refractivity (Wildman–Crippen MR) is 153 cm³/mol. The normalized spacial score (nSPS) is 23.6. The quantitative estimate of drug-likeness (QED) is 0.389. The number of ketones is 1. The molecular formula is C28H35ClN6O3S. The SMILES string of the molecule is CC(C)N(C)C(=O)C1CCC(N)(C(=O)c2cc3cc(Cl)ccc3[nH]2)C(NC(=O)c2nc3c(s2)CN(C)CC3)C1. The van der Waals surface area contributed by atoms with Crippen molar-refractivity contribution in [2.45, 2.75) is 63.7 Å². The topological polar surface area (TPSA) is 124 Å². The number of benzene rings is 1. The fourth-order valence-corrected chi connectivity index (χ4v) is 6.81. The number of hydrogen-bond acceptors (Lipinski definition) is 7. The van der Waals surface area contributed by atoms with Crippen molar-refractivity contribution < 1.29 is 14.4 Å². The van der Waals surface area contributed by atoms with Crippen LogP contribution in [-0.4, -0.2) is 75.6 Å². The number of Topliss-reactive ketones (excluding diaryl/α,β-unsaturated/α-hetero) is 1. The summed E-state index contributed by atoms with van der Waals surface area (Å²) in [5.74, 6) is -1.03. The number of nitrogens with zero attached hydrogens (tertiary/aromatic N) is 3. The van der Waals surface area contributed by atoms with Crippen molar-refractivity contribution in [1.29, 1.82) is 0 Å². The van der Waals surface area contributed by atoms with Crippen molar-refractivity contribution in [2.75, 3.05) is 20.6 Å². The van der Waals surface area contributed by atoms with E-state index >= 15 is 0 Å². The summed E-state index contributed by atoms with van der Waals surface area (Å²) in [6, 6.07) is 6.38. The number of aromatic nitrogens is 2. The maximum atomic E-state index is 14.0. The molecule has 2 aromatic heterocycles. The molecule has 11 heteroatoms. The molecule has 1 aromatic carbocycles. The monoisotopic (exact) mass is 570 g/mol. The molecular weight excluding hydrogens is 536 g/mol. The Kier molecular flexibility index (Phi) is 7.58. The van der Waals surface area contributed by atoms with E-state index in [0.29, 0.717) is 22.1 Å². The van der Waals surface area contributed by atoms with Crippen LogP contribution in [0.15, 0.2) is 24.3 Å². The van der Waals surface area contributed by atoms with Gasteiger partial charge in [0.05, 0.1) is 17.4 Å². The number of likely N-dealkylation sites (N-methyl/N-ethyl adjacent to an activating group) is 1. The summed E-state index contributed by atoms with van der Waals surface area (Å²) >= 11 is 7.52. The number of amides is 2. The average molecular weight is 571 g/mol. The maximum absolute atomic E-state index is 14.0. The molecule has 1 aliphatic carbocycles. The van der Waals surface area contributed by atoms with Crippen LogP contribution in [0.5, 0.6) is 0 Å². The van der Waals surface area contributed by atoms with Gasteiger partial charge in [0, 0.05) is 59.3 Å². The second kappa shape index (κ2) is 10.6. The number of hydrogen-bond donors (Lipinski definition) is 3. The number of thiazole rings is 1. The lowest BCUT2D eigenvalue weighted by atomic mass is 9.70. The molecule has 3 unspecified atom stereocenters. The molecule has 0 saturated heterocycles. The molecule has 0 bridgehead atoms. The lowest BCUT2D eigenvalue weighted by molar-refractivity contribution is -0.137. The number of aromatic amines is 1. The Morgan fingerprint density at radius 3 is 2.82 bits per heavy atom. The Bertz CT molecular complexity index is 1430. The summed E-state index contributed by atoms with van der Waals surface area (Å²) in [7, 11) is 3.82. The molecule has 3 aromatic rings. The first-order chi connectivity index (χ1) is 18.5. The van der Waals surface area contributed by atoms with Crippen molar-refractivity contribution in [3.8, 4) is 0 Å². The number of rotatable bonds is 6. The van der Waals surface area contributed by atoms with Crippen LogP contribution in [0.4, 0.5) is 0 Å². The van der Waals surface area contributed by atoms with Crippen LogP contribution in [-0.2, 0) is 17.8 Å². The third-order valence-electron chi connectivity index (χ3n) is 8.19. The van der Waals surface area contributed by atoms with Gasteiger partial charge in [0.25, 0.3) is 5.91 Å². The van der Waals surface area contributed by atoms with E-state index in [1.807, 2.05) is 27.0 Å². The van der Waals surface area contributed by atoms with Crippen LogP contribution >= 0.6 is 22.9 Å². The summed E-state index contributed by atoms with van der Waals surface area (Å²) < 4.78 is 0. The van der Waals surface area contributed by atoms with Gasteiger partial charge in [-0.25, -0.2) is 4.98 Å². The van der Waals surface area contributed by atoms with E-state index in [1.165, 1.54) is 11.3 Å². The molecule has 0 radical (unpaired) electrons. The molecule has 4 N–H and O–H groups in total. The standard InChI is InChI=1S/C28H35ClN6O3S/c1-15(2)35(4)27(38)16-7-9-28(30,24(36)21-12-17-11-18(29)5-6-19(17)31-21)23(13-16)33-25(37)26-32-20-8-10-34(3)14-22(20)39-26/h5-6,11-12,15-16,23,31H,7-10,13-14,30H2,1-4H3,(H,33,37). The van der Waals surface area contributed by atoms with Gasteiger partial charge in [-0.2, -0.15) is 0 Å². The third kappa shape index (κ3) is 5.35. The molecule has 1 fully saturated rings. The van der Waals surface area contributed by atoms with Gasteiger partial charge >= 0.3 is 0 Å². The van der Waals surface area contributed by atoms with Gasteiger partial charge in [0.2, 0.25) is 11.7 Å². The van der Waals surface area contributed by atoms with Crippen molar-refractivity contribution in [1.82, 2.24) is 25.1 Å². The van der Waals surface area contributed by atoms with Gasteiger partial charge in [-0.15, -0.1) is 11.3 Å². The van der Waals surface area contributed by atoms with Crippen LogP contribution in [0.3, 0.4) is 0 Å². The lowest BCUT2D eigenvalue weighted by Crippen LogP contribution is -2.66. The highest BCUT2D eigenvalue weighted by atomic mass is 35.5. The zero-order valence-corrected chi connectivity index (χ0v) is 24.3. The van der Waals surface area contributed by atoms with Crippen molar-refractivity contribution in [3.63, 3.8) is 0 Å². The molecule has 0 spiro atoms. The molecule has 208 valence electrons. The Morgan fingerprint density at radius 1 is 1.31 bits per heavy atom. The summed E-state index contributed by atoms with van der Waals surface area (Å²) in [4.78, 5) is 53.5. The van der Waals surface area contributed by atoms with Gasteiger partial charge in [-0.1, -0.05) is 11.6 Å². The largest absolute Gasteiger partial charge is 0.352 e. The van der Waals surface area contributed by atoms with E-state index in [-0.39, 0.29) is 42.4 Å². The van der Waals surface area contributed by atoms with E-state index in [4.69, 9.17) is 17.3 Å². The van der Waals surface area contributed by atoms with Crippen LogP contribution in [0.1, 0.15) is 64.0 Å². The molecule has 3 atom stereocenters. The summed E-state index contributed by atoms with van der Waals surface area (Å²) in [6.07, 6.45) is 1.77. The van der Waals surface area contributed by atoms with Crippen LogP contribution < -0.4 is 11.1 Å². The zero-order chi connectivity index (χ0) is 28.1. The number of halogens is 1. The second-order valence-corrected chi connectivity index (χ2v) is 12.7. The number of carbonyl (C=O) groups is 3. The van der Waals surface area contributed by atoms with Gasteiger partial charge in [0.15, 0.2) is 5.01 Å². The van der Waals surface area contributed by atoms with E-state index in [0.717, 1.165) is 41.0 Å². The van der Waals surface area contributed by atoms with Crippen molar-refractivity contribution in [2.24, 2.45) is 11.7 Å². The number of fused-ring (bicyclic) bond motifs is 2. The predicted octanol–water partition coefficient (Wildman–Crippen LogP) is 3.61. The maximum Gasteiger partial charge on any atom is 0.280 e. The van der Waals surface area contributed by atoms with Crippen LogP contribution in [0.2, 0.25) is 5.02 Å². The average Bonchev–Trinajstić information content (AvgIpc) is 3.52. The molecule has 39 heavy (non-hydrogen) atoms. The van der Waals surface area contributed by atoms with E-state index < -0.39 is 11.6 Å².